The van der Waals surface area contributed by atoms with E-state index in [-0.39, 0.29) is 28.3 Å². The van der Waals surface area contributed by atoms with E-state index in [0.29, 0.717) is 11.1 Å². The summed E-state index contributed by atoms with van der Waals surface area (Å²) in [6.45, 7) is 0. The van der Waals surface area contributed by atoms with E-state index in [1.165, 1.54) is 48.5 Å². The predicted molar refractivity (Wildman–Crippen MR) is 207 cm³/mol. The summed E-state index contributed by atoms with van der Waals surface area (Å²) < 4.78 is 66.2. The number of aromatic hydroxyl groups is 1. The average Bonchev–Trinajstić information content (AvgIpc) is 3.23. The van der Waals surface area contributed by atoms with Gasteiger partial charge in [0.2, 0.25) is 12.2 Å². The van der Waals surface area contributed by atoms with E-state index in [4.69, 9.17) is 18.9 Å². The Morgan fingerprint density at radius 3 is 1.89 bits per heavy atom. The lowest BCUT2D eigenvalue weighted by atomic mass is 9.90. The van der Waals surface area contributed by atoms with Crippen molar-refractivity contribution in [3.8, 4) is 22.6 Å². The number of amides is 1. The number of carbonyl (C=O) groups is 3. The number of halogens is 1. The van der Waals surface area contributed by atoms with Crippen LogP contribution < -0.4 is 9.64 Å². The minimum atomic E-state index is -4.85. The highest BCUT2D eigenvalue weighted by molar-refractivity contribution is 7.93. The largest absolute Gasteiger partial charge is 0.508 e. The van der Waals surface area contributed by atoms with Crippen LogP contribution in [0.25, 0.3) is 11.1 Å². The first-order chi connectivity index (χ1) is 29.4. The van der Waals surface area contributed by atoms with Crippen molar-refractivity contribution in [2.24, 2.45) is 0 Å². The van der Waals surface area contributed by atoms with Crippen LogP contribution in [0.2, 0.25) is 0 Å². The highest BCUT2D eigenvalue weighted by atomic mass is 32.2. The maximum Gasteiger partial charge on any atom is 0.335 e. The fourth-order valence-corrected chi connectivity index (χ4v) is 9.53. The van der Waals surface area contributed by atoms with Crippen molar-refractivity contribution in [1.82, 2.24) is 0 Å². The Hall–Kier alpha value is -5.59. The summed E-state index contributed by atoms with van der Waals surface area (Å²) in [6, 6.07) is 20.5. The van der Waals surface area contributed by atoms with Gasteiger partial charge in [0.1, 0.15) is 53.9 Å². The fourth-order valence-electron chi connectivity index (χ4n) is 7.54. The number of hydrogen-bond donors (Lipinski definition) is 9. The van der Waals surface area contributed by atoms with Gasteiger partial charge in [-0.3, -0.25) is 4.79 Å². The number of ether oxygens (including phenoxy) is 4. The molecule has 3 saturated heterocycles. The molecule has 21 heteroatoms. The van der Waals surface area contributed by atoms with Crippen molar-refractivity contribution in [2.75, 3.05) is 10.7 Å². The highest BCUT2D eigenvalue weighted by Crippen LogP contribution is 2.48. The molecular formula is C41H40FNO18S. The number of sulfone groups is 1. The first-order valence-electron chi connectivity index (χ1n) is 18.8. The van der Waals surface area contributed by atoms with Crippen molar-refractivity contribution >= 4 is 33.4 Å². The van der Waals surface area contributed by atoms with Gasteiger partial charge in [-0.15, -0.1) is 0 Å². The quantitative estimate of drug-likeness (QED) is 0.0798. The van der Waals surface area contributed by atoms with E-state index in [2.05, 4.69) is 0 Å². The van der Waals surface area contributed by atoms with E-state index in [1.54, 1.807) is 24.3 Å². The molecule has 4 aromatic rings. The van der Waals surface area contributed by atoms with Gasteiger partial charge in [-0.2, -0.15) is 0 Å². The molecule has 13 atom stereocenters. The van der Waals surface area contributed by atoms with Crippen LogP contribution in [0.1, 0.15) is 23.3 Å². The number of β-lactam (4-membered cyclic amide) rings is 1. The molecule has 0 aliphatic carbocycles. The van der Waals surface area contributed by atoms with Crippen LogP contribution in [0.4, 0.5) is 10.1 Å². The zero-order chi connectivity index (χ0) is 44.8. The monoisotopic (exact) mass is 885 g/mol. The summed E-state index contributed by atoms with van der Waals surface area (Å²) in [6.07, 6.45) is -22.7. The number of phenols is 1. The number of benzene rings is 4. The average molecular weight is 886 g/mol. The topological polar surface area (TPSA) is 308 Å². The smallest absolute Gasteiger partial charge is 0.335 e. The Labute approximate surface area is 350 Å². The molecule has 3 fully saturated rings. The van der Waals surface area contributed by atoms with Crippen LogP contribution in [0.5, 0.6) is 11.5 Å². The van der Waals surface area contributed by atoms with E-state index in [0.717, 1.165) is 29.2 Å². The second-order valence-corrected chi connectivity index (χ2v) is 17.0. The Balaban J connectivity index is 1.32. The molecular weight excluding hydrogens is 846 g/mol. The second-order valence-electron chi connectivity index (χ2n) is 14.8. The van der Waals surface area contributed by atoms with Gasteiger partial charge >= 0.3 is 11.9 Å². The Morgan fingerprint density at radius 2 is 1.29 bits per heavy atom. The maximum atomic E-state index is 14.8. The van der Waals surface area contributed by atoms with E-state index >= 15 is 0 Å². The first-order valence-corrected chi connectivity index (χ1v) is 20.5. The van der Waals surface area contributed by atoms with Crippen molar-refractivity contribution < 1.29 is 92.1 Å². The summed E-state index contributed by atoms with van der Waals surface area (Å²) in [5.74, 6) is -6.76. The molecule has 3 aliphatic heterocycles. The lowest BCUT2D eigenvalue weighted by Crippen LogP contribution is -2.63. The van der Waals surface area contributed by atoms with Crippen LogP contribution in [-0.4, -0.2) is 145 Å². The number of rotatable bonds is 13. The summed E-state index contributed by atoms with van der Waals surface area (Å²) in [5, 5.41) is 90.8. The summed E-state index contributed by atoms with van der Waals surface area (Å²) in [5.41, 5.74) is 0.791. The maximum absolute atomic E-state index is 14.8. The molecule has 0 radical (unpaired) electrons. The van der Waals surface area contributed by atoms with Gasteiger partial charge in [-0.25, -0.2) is 22.4 Å². The van der Waals surface area contributed by atoms with Crippen molar-refractivity contribution in [3.63, 3.8) is 0 Å². The molecule has 0 bridgehead atoms. The summed E-state index contributed by atoms with van der Waals surface area (Å²) >= 11 is 0. The summed E-state index contributed by atoms with van der Waals surface area (Å²) in [7, 11) is -4.85. The van der Waals surface area contributed by atoms with Gasteiger partial charge < -0.3 is 69.8 Å². The van der Waals surface area contributed by atoms with Gasteiger partial charge in [-0.1, -0.05) is 54.6 Å². The highest BCUT2D eigenvalue weighted by Gasteiger charge is 2.58. The number of carbonyl (C=O) groups excluding carboxylic acids is 1. The van der Waals surface area contributed by atoms with Gasteiger partial charge in [-0.05, 0) is 59.2 Å². The third-order valence-electron chi connectivity index (χ3n) is 10.8. The third-order valence-corrected chi connectivity index (χ3v) is 12.8. The lowest BCUT2D eigenvalue weighted by molar-refractivity contribution is -0.303. The molecule has 3 heterocycles. The number of nitrogens with zero attached hydrogens (tertiary/aromatic N) is 1. The zero-order valence-corrected chi connectivity index (χ0v) is 32.7. The Morgan fingerprint density at radius 1 is 0.710 bits per heavy atom. The summed E-state index contributed by atoms with van der Waals surface area (Å²) in [4.78, 5) is 39.2. The van der Waals surface area contributed by atoms with Crippen LogP contribution in [0.15, 0.2) is 97.1 Å². The van der Waals surface area contributed by atoms with Crippen molar-refractivity contribution in [3.05, 3.63) is 114 Å². The number of para-hydroxylation sites is 1. The van der Waals surface area contributed by atoms with Crippen molar-refractivity contribution in [1.29, 1.82) is 0 Å². The molecule has 0 saturated carbocycles. The number of carboxylic acids is 2. The van der Waals surface area contributed by atoms with Crippen molar-refractivity contribution in [2.45, 2.75) is 78.8 Å². The minimum absolute atomic E-state index is 0.0573. The predicted octanol–water partition coefficient (Wildman–Crippen LogP) is -0.00930. The standard InChI is InChI=1S/C41H40FNO18S/c42-21-12-9-18(10-13-21)26(59-41-33(50)29(46)31(48)35(61-41)39(54)55)17-62(56,57)36-27(43(37(36)51)22-6-2-1-3-7-22)24-14-11-20(19-5-4-8-23(44)15-19)16-25(24)58-40-32(49)28(45)30(47)34(60-40)38(52)53/h1-16,26-36,40-41,44-50H,17H2,(H,52,53)(H,54,55)/t26-,27+,28?,29-,30?,31+,32?,33?,34?,35?,36+,40+,41+/m0/s1. The first kappa shape index (κ1) is 44.5. The fraction of sp³-hybridized carbons (Fsp3) is 0.341. The Bertz CT molecular complexity index is 2410. The molecule has 330 valence electrons. The molecule has 62 heavy (non-hydrogen) atoms. The van der Waals surface area contributed by atoms with E-state index in [1.807, 2.05) is 0 Å². The molecule has 19 nitrogen and oxygen atoms in total. The van der Waals surface area contributed by atoms with Crippen LogP contribution in [0, 0.1) is 5.82 Å². The van der Waals surface area contributed by atoms with E-state index < -0.39 is 118 Å². The van der Waals surface area contributed by atoms with Crippen LogP contribution in [0.3, 0.4) is 0 Å². The number of aliphatic hydroxyl groups is 6. The molecule has 4 aromatic carbocycles. The zero-order valence-electron chi connectivity index (χ0n) is 31.9. The van der Waals surface area contributed by atoms with Gasteiger partial charge in [0.15, 0.2) is 33.6 Å². The second kappa shape index (κ2) is 17.6. The minimum Gasteiger partial charge on any atom is -0.508 e. The number of aliphatic hydroxyl groups excluding tert-OH is 6. The number of aliphatic carboxylic acids is 2. The Kier molecular flexibility index (Phi) is 12.7. The molecule has 6 unspecified atom stereocenters. The molecule has 1 amide bonds. The third kappa shape index (κ3) is 8.59. The number of hydrogen-bond acceptors (Lipinski definition) is 16. The number of anilines is 1. The molecule has 7 rings (SSSR count). The molecule has 0 aromatic heterocycles. The van der Waals surface area contributed by atoms with Crippen LogP contribution >= 0.6 is 0 Å². The molecule has 0 spiro atoms. The van der Waals surface area contributed by atoms with Crippen LogP contribution in [-0.2, 0) is 38.4 Å². The lowest BCUT2D eigenvalue weighted by Gasteiger charge is -2.47. The van der Waals surface area contributed by atoms with Gasteiger partial charge in [0, 0.05) is 11.3 Å². The van der Waals surface area contributed by atoms with E-state index in [9.17, 15) is 73.2 Å². The molecule has 9 N–H and O–H groups in total. The SMILES string of the molecule is O=C(O)C1O[C@@H](Oc2cc(-c3cccc(O)c3)ccc2[C@@H]2[C@@H](S(=O)(=O)C[C@H](O[C@@H]3OC(C(=O)O)[C@H](O)[C@H](O)C3O)c3ccc(F)cc3)C(=O)N2c2ccccc2)C(O)C(O)C1O. The number of carboxylic acid groups (broad SMARTS) is 2. The number of phenolic OH excluding ortho intramolecular Hbond substituents is 1. The van der Waals surface area contributed by atoms with Gasteiger partial charge in [0.25, 0.3) is 0 Å². The van der Waals surface area contributed by atoms with Gasteiger partial charge in [0.05, 0.1) is 17.9 Å². The normalized spacial score (nSPS) is 30.6. The molecule has 3 aliphatic rings.